The Morgan fingerprint density at radius 2 is 2.22 bits per heavy atom. The van der Waals surface area contributed by atoms with Gasteiger partial charge in [0.2, 0.25) is 0 Å². The molecule has 2 aliphatic rings. The number of pyridine rings is 1. The number of aliphatic imine (C=N–C) groups is 1. The Balaban J connectivity index is 1.35. The van der Waals surface area contributed by atoms with Crippen LogP contribution in [0.4, 0.5) is 0 Å². The fourth-order valence-electron chi connectivity index (χ4n) is 3.88. The summed E-state index contributed by atoms with van der Waals surface area (Å²) < 4.78 is 2.05. The van der Waals surface area contributed by atoms with Crippen molar-refractivity contribution in [1.29, 1.82) is 0 Å². The fourth-order valence-corrected chi connectivity index (χ4v) is 3.88. The van der Waals surface area contributed by atoms with Crippen molar-refractivity contribution in [3.05, 3.63) is 30.2 Å². The van der Waals surface area contributed by atoms with Gasteiger partial charge in [0.1, 0.15) is 5.82 Å². The second-order valence-electron chi connectivity index (χ2n) is 6.79. The van der Waals surface area contributed by atoms with Gasteiger partial charge in [-0.3, -0.25) is 9.39 Å². The first-order valence-corrected chi connectivity index (χ1v) is 8.54. The molecule has 0 aromatic carbocycles. The van der Waals surface area contributed by atoms with E-state index in [1.165, 1.54) is 32.2 Å². The van der Waals surface area contributed by atoms with Crippen LogP contribution in [0, 0.1) is 5.41 Å². The lowest BCUT2D eigenvalue weighted by Gasteiger charge is -2.38. The molecule has 122 valence electrons. The smallest absolute Gasteiger partial charge is 0.193 e. The van der Waals surface area contributed by atoms with Crippen LogP contribution in [-0.4, -0.2) is 52.1 Å². The van der Waals surface area contributed by atoms with Crippen molar-refractivity contribution in [2.45, 2.75) is 32.1 Å². The number of guanidine groups is 1. The summed E-state index contributed by atoms with van der Waals surface area (Å²) >= 11 is 0. The number of rotatable bonds is 3. The SMILES string of the molecule is CN=C(NCCc1nnc2ccccn12)N1CCC2(CCC2)C1. The van der Waals surface area contributed by atoms with Crippen molar-refractivity contribution < 1.29 is 0 Å². The topological polar surface area (TPSA) is 57.8 Å². The Morgan fingerprint density at radius 3 is 2.96 bits per heavy atom. The van der Waals surface area contributed by atoms with Gasteiger partial charge in [-0.2, -0.15) is 0 Å². The number of fused-ring (bicyclic) bond motifs is 1. The lowest BCUT2D eigenvalue weighted by molar-refractivity contribution is 0.151. The quantitative estimate of drug-likeness (QED) is 0.692. The van der Waals surface area contributed by atoms with Crippen LogP contribution in [0.3, 0.4) is 0 Å². The number of nitrogens with one attached hydrogen (secondary N) is 1. The lowest BCUT2D eigenvalue weighted by atomic mass is 9.68. The van der Waals surface area contributed by atoms with E-state index < -0.39 is 0 Å². The van der Waals surface area contributed by atoms with Gasteiger partial charge < -0.3 is 10.2 Å². The summed E-state index contributed by atoms with van der Waals surface area (Å²) in [5.74, 6) is 2.02. The minimum Gasteiger partial charge on any atom is -0.356 e. The molecule has 4 rings (SSSR count). The molecule has 1 N–H and O–H groups in total. The average Bonchev–Trinajstić information content (AvgIpc) is 3.16. The van der Waals surface area contributed by atoms with E-state index >= 15 is 0 Å². The zero-order valence-electron chi connectivity index (χ0n) is 13.7. The minimum atomic E-state index is 0.598. The maximum absolute atomic E-state index is 4.46. The second-order valence-corrected chi connectivity index (χ2v) is 6.79. The predicted octanol–water partition coefficient (Wildman–Crippen LogP) is 1.72. The summed E-state index contributed by atoms with van der Waals surface area (Å²) in [6.45, 7) is 3.12. The average molecular weight is 312 g/mol. The summed E-state index contributed by atoms with van der Waals surface area (Å²) in [5.41, 5.74) is 1.50. The van der Waals surface area contributed by atoms with Crippen LogP contribution >= 0.6 is 0 Å². The second kappa shape index (κ2) is 5.83. The number of likely N-dealkylation sites (tertiary alicyclic amines) is 1. The van der Waals surface area contributed by atoms with Crippen molar-refractivity contribution in [2.75, 3.05) is 26.7 Å². The zero-order chi connectivity index (χ0) is 15.7. The minimum absolute atomic E-state index is 0.598. The van der Waals surface area contributed by atoms with E-state index in [0.717, 1.165) is 36.9 Å². The highest BCUT2D eigenvalue weighted by Crippen LogP contribution is 2.47. The molecule has 1 aliphatic carbocycles. The van der Waals surface area contributed by atoms with E-state index in [2.05, 4.69) is 25.4 Å². The highest BCUT2D eigenvalue weighted by Gasteiger charge is 2.43. The van der Waals surface area contributed by atoms with Gasteiger partial charge in [-0.1, -0.05) is 12.5 Å². The van der Waals surface area contributed by atoms with Gasteiger partial charge in [0.05, 0.1) is 0 Å². The molecule has 2 aromatic heterocycles. The van der Waals surface area contributed by atoms with E-state index in [1.807, 2.05) is 35.8 Å². The van der Waals surface area contributed by atoms with Crippen LogP contribution in [-0.2, 0) is 6.42 Å². The summed E-state index contributed by atoms with van der Waals surface area (Å²) in [5, 5.41) is 12.0. The normalized spacial score (nSPS) is 20.2. The van der Waals surface area contributed by atoms with Crippen LogP contribution < -0.4 is 5.32 Å². The van der Waals surface area contributed by atoms with Crippen molar-refractivity contribution >= 4 is 11.6 Å². The third-order valence-electron chi connectivity index (χ3n) is 5.38. The molecule has 6 heteroatoms. The number of hydrogen-bond donors (Lipinski definition) is 1. The van der Waals surface area contributed by atoms with Gasteiger partial charge in [0.25, 0.3) is 0 Å². The van der Waals surface area contributed by atoms with Gasteiger partial charge in [0.15, 0.2) is 11.6 Å². The van der Waals surface area contributed by atoms with E-state index in [9.17, 15) is 0 Å². The van der Waals surface area contributed by atoms with Gasteiger partial charge in [-0.05, 0) is 36.8 Å². The van der Waals surface area contributed by atoms with E-state index in [0.29, 0.717) is 5.41 Å². The Bertz CT molecular complexity index is 715. The lowest BCUT2D eigenvalue weighted by Crippen LogP contribution is -2.43. The molecule has 1 saturated carbocycles. The van der Waals surface area contributed by atoms with Crippen LogP contribution in [0.25, 0.3) is 5.65 Å². The maximum atomic E-state index is 4.46. The molecule has 2 fully saturated rings. The standard InChI is InChI=1S/C17H24N6/c1-18-16(22-12-9-17(13-22)7-4-8-17)19-10-6-15-21-20-14-5-2-3-11-23(14)15/h2-3,5,11H,4,6-10,12-13H2,1H3,(H,18,19). The van der Waals surface area contributed by atoms with Gasteiger partial charge in [-0.15, -0.1) is 10.2 Å². The number of aromatic nitrogens is 3. The molecule has 1 spiro atoms. The number of hydrogen-bond acceptors (Lipinski definition) is 3. The largest absolute Gasteiger partial charge is 0.356 e. The Hall–Kier alpha value is -2.11. The van der Waals surface area contributed by atoms with Crippen LogP contribution in [0.1, 0.15) is 31.5 Å². The van der Waals surface area contributed by atoms with Crippen LogP contribution in [0.5, 0.6) is 0 Å². The van der Waals surface area contributed by atoms with E-state index in [4.69, 9.17) is 0 Å². The van der Waals surface area contributed by atoms with Crippen molar-refractivity contribution in [3.63, 3.8) is 0 Å². The number of nitrogens with zero attached hydrogens (tertiary/aromatic N) is 5. The van der Waals surface area contributed by atoms with Gasteiger partial charge >= 0.3 is 0 Å². The van der Waals surface area contributed by atoms with Crippen LogP contribution in [0.15, 0.2) is 29.4 Å². The van der Waals surface area contributed by atoms with Crippen molar-refractivity contribution in [2.24, 2.45) is 10.4 Å². The summed E-state index contributed by atoms with van der Waals surface area (Å²) in [6, 6.07) is 5.97. The molecule has 0 radical (unpaired) electrons. The van der Waals surface area contributed by atoms with Crippen molar-refractivity contribution in [1.82, 2.24) is 24.8 Å². The van der Waals surface area contributed by atoms with E-state index in [1.54, 1.807) is 0 Å². The molecule has 0 unspecified atom stereocenters. The third kappa shape index (κ3) is 2.66. The van der Waals surface area contributed by atoms with Crippen molar-refractivity contribution in [3.8, 4) is 0 Å². The molecule has 1 aliphatic heterocycles. The molecule has 3 heterocycles. The molecule has 1 saturated heterocycles. The molecular formula is C17H24N6. The summed E-state index contributed by atoms with van der Waals surface area (Å²) in [6.07, 6.45) is 8.37. The Labute approximate surface area is 136 Å². The summed E-state index contributed by atoms with van der Waals surface area (Å²) in [7, 11) is 1.88. The van der Waals surface area contributed by atoms with Gasteiger partial charge in [0, 0.05) is 39.3 Å². The predicted molar refractivity (Wildman–Crippen MR) is 90.5 cm³/mol. The molecule has 6 nitrogen and oxygen atoms in total. The molecule has 0 atom stereocenters. The van der Waals surface area contributed by atoms with E-state index in [-0.39, 0.29) is 0 Å². The Morgan fingerprint density at radius 1 is 1.30 bits per heavy atom. The highest BCUT2D eigenvalue weighted by molar-refractivity contribution is 5.80. The zero-order valence-corrected chi connectivity index (χ0v) is 13.7. The first kappa shape index (κ1) is 14.5. The third-order valence-corrected chi connectivity index (χ3v) is 5.38. The van der Waals surface area contributed by atoms with Crippen LogP contribution in [0.2, 0.25) is 0 Å². The maximum Gasteiger partial charge on any atom is 0.193 e. The molecule has 0 amide bonds. The molecular weight excluding hydrogens is 288 g/mol. The fraction of sp³-hybridized carbons (Fsp3) is 0.588. The molecule has 23 heavy (non-hydrogen) atoms. The monoisotopic (exact) mass is 312 g/mol. The highest BCUT2D eigenvalue weighted by atomic mass is 15.3. The van der Waals surface area contributed by atoms with Gasteiger partial charge in [-0.25, -0.2) is 0 Å². The molecule has 0 bridgehead atoms. The first-order valence-electron chi connectivity index (χ1n) is 8.54. The Kier molecular flexibility index (Phi) is 3.67. The summed E-state index contributed by atoms with van der Waals surface area (Å²) in [4.78, 5) is 6.88. The first-order chi connectivity index (χ1) is 11.3. The molecule has 2 aromatic rings.